The molecule has 4 nitrogen and oxygen atoms in total. The van der Waals surface area contributed by atoms with Gasteiger partial charge in [0.25, 0.3) is 0 Å². The van der Waals surface area contributed by atoms with Gasteiger partial charge in [0.1, 0.15) is 0 Å². The first kappa shape index (κ1) is 14.3. The highest BCUT2D eigenvalue weighted by Crippen LogP contribution is 2.18. The highest BCUT2D eigenvalue weighted by Gasteiger charge is 2.49. The van der Waals surface area contributed by atoms with Crippen molar-refractivity contribution >= 4 is 17.4 Å². The molecule has 0 aromatic carbocycles. The first-order valence-electron chi connectivity index (χ1n) is 5.12. The maximum atomic E-state index is 7.91. The minimum Gasteiger partial charge on any atom is -0.500 e. The van der Waals surface area contributed by atoms with Crippen LogP contribution in [0, 0.1) is 0 Å². The van der Waals surface area contributed by atoms with Gasteiger partial charge in [-0.3, -0.25) is 0 Å². The summed E-state index contributed by atoms with van der Waals surface area (Å²) >= 11 is 0. The third-order valence-electron chi connectivity index (χ3n) is 1.92. The predicted molar refractivity (Wildman–Crippen MR) is 61.7 cm³/mol. The van der Waals surface area contributed by atoms with E-state index in [4.69, 9.17) is 17.8 Å². The molecule has 0 bridgehead atoms. The van der Waals surface area contributed by atoms with Crippen molar-refractivity contribution in [2.75, 3.05) is 13.2 Å². The minimum atomic E-state index is -2.71. The minimum absolute atomic E-state index is 0.534. The van der Waals surface area contributed by atoms with Crippen molar-refractivity contribution < 1.29 is 17.8 Å². The zero-order valence-corrected chi connectivity index (χ0v) is 11.8. The van der Waals surface area contributed by atoms with Gasteiger partial charge in [-0.15, -0.1) is 0 Å². The van der Waals surface area contributed by atoms with Crippen LogP contribution in [0.2, 0.25) is 19.1 Å². The van der Waals surface area contributed by atoms with E-state index in [1.165, 1.54) is 0 Å². The smallest absolute Gasteiger partial charge is 0.500 e. The molecule has 0 heterocycles. The molecule has 0 fully saturated rings. The van der Waals surface area contributed by atoms with Crippen LogP contribution in [0.15, 0.2) is 0 Å². The van der Waals surface area contributed by atoms with E-state index in [1.807, 2.05) is 27.3 Å². The molecule has 0 aliphatic rings. The van der Waals surface area contributed by atoms with Crippen LogP contribution in [0.5, 0.6) is 0 Å². The lowest BCUT2D eigenvalue weighted by molar-refractivity contribution is 0.140. The van der Waals surface area contributed by atoms with Crippen LogP contribution in [0.25, 0.3) is 0 Å². The Morgan fingerprint density at radius 2 is 1.50 bits per heavy atom. The second kappa shape index (κ2) is 5.99. The lowest BCUT2D eigenvalue weighted by Crippen LogP contribution is -2.52. The number of hydrogen-bond acceptors (Lipinski definition) is 3. The monoisotopic (exact) mass is 239 g/mol. The van der Waals surface area contributed by atoms with Gasteiger partial charge in [0.2, 0.25) is 0 Å². The molecule has 0 radical (unpaired) electrons. The van der Waals surface area contributed by atoms with Gasteiger partial charge in [-0.2, -0.15) is 0 Å². The average Bonchev–Trinajstić information content (AvgIpc) is 2.03. The van der Waals surface area contributed by atoms with Crippen LogP contribution >= 0.6 is 0 Å². The maximum Gasteiger partial charge on any atom is 0.705 e. The Morgan fingerprint density at radius 3 is 1.86 bits per heavy atom. The summed E-state index contributed by atoms with van der Waals surface area (Å²) in [5.74, 6) is 0. The van der Waals surface area contributed by atoms with E-state index < -0.39 is 17.4 Å². The van der Waals surface area contributed by atoms with Crippen LogP contribution in [-0.2, 0) is 13.0 Å². The molecule has 0 aliphatic carbocycles. The molecule has 0 saturated carbocycles. The van der Waals surface area contributed by atoms with Gasteiger partial charge in [-0.05, 0) is 26.4 Å². The zero-order valence-electron chi connectivity index (χ0n) is 9.85. The van der Waals surface area contributed by atoms with Crippen molar-refractivity contribution in [3.8, 4) is 0 Å². The summed E-state index contributed by atoms with van der Waals surface area (Å²) in [5.41, 5.74) is 0. The quantitative estimate of drug-likeness (QED) is 0.499. The molecule has 2 atom stereocenters. The largest absolute Gasteiger partial charge is 0.705 e. The van der Waals surface area contributed by atoms with E-state index >= 15 is 0 Å². The molecule has 0 rings (SSSR count). The van der Waals surface area contributed by atoms with Crippen molar-refractivity contribution in [1.82, 2.24) is 0 Å². The molecular weight excluding hydrogens is 216 g/mol. The Hall–Kier alpha value is 0.274. The normalized spacial score (nSPS) is 20.1. The highest BCUT2D eigenvalue weighted by molar-refractivity contribution is 6.76. The SMILES string of the molecule is CCO[Si](C)([OH2+])O[Si](C)(CC)OCC. The van der Waals surface area contributed by atoms with Crippen molar-refractivity contribution in [2.45, 2.75) is 39.9 Å². The van der Waals surface area contributed by atoms with Crippen molar-refractivity contribution in [3.05, 3.63) is 0 Å². The molecule has 6 heteroatoms. The van der Waals surface area contributed by atoms with Gasteiger partial charge in [-0.25, -0.2) is 0 Å². The summed E-state index contributed by atoms with van der Waals surface area (Å²) in [7, 11) is -4.86. The third kappa shape index (κ3) is 5.23. The van der Waals surface area contributed by atoms with E-state index in [-0.39, 0.29) is 0 Å². The number of hydrogen-bond donors (Lipinski definition) is 0. The van der Waals surface area contributed by atoms with Gasteiger partial charge in [-0.1, -0.05) is 6.92 Å². The van der Waals surface area contributed by atoms with Gasteiger partial charge in [0.15, 0.2) is 0 Å². The molecule has 0 amide bonds. The molecule has 0 aromatic rings. The Balaban J connectivity index is 4.28. The number of rotatable bonds is 7. The maximum absolute atomic E-state index is 7.91. The molecule has 2 unspecified atom stereocenters. The fourth-order valence-corrected chi connectivity index (χ4v) is 6.94. The molecule has 0 saturated heterocycles. The molecule has 2 N–H and O–H groups in total. The van der Waals surface area contributed by atoms with E-state index in [9.17, 15) is 0 Å². The first-order chi connectivity index (χ1) is 6.39. The molecular formula is C8H23O4Si2+. The van der Waals surface area contributed by atoms with E-state index in [1.54, 1.807) is 6.55 Å². The fraction of sp³-hybridized carbons (Fsp3) is 1.00. The van der Waals surface area contributed by atoms with Crippen LogP contribution in [0.3, 0.4) is 0 Å². The summed E-state index contributed by atoms with van der Waals surface area (Å²) in [6.07, 6.45) is 0. The van der Waals surface area contributed by atoms with Crippen LogP contribution in [-0.4, -0.2) is 35.4 Å². The first-order valence-corrected chi connectivity index (χ1v) is 9.96. The summed E-state index contributed by atoms with van der Waals surface area (Å²) < 4.78 is 16.7. The van der Waals surface area contributed by atoms with E-state index in [0.717, 1.165) is 6.04 Å². The zero-order chi connectivity index (χ0) is 11.2. The molecule has 0 aromatic heterocycles. The Labute approximate surface area is 88.8 Å². The van der Waals surface area contributed by atoms with Crippen LogP contribution in [0.4, 0.5) is 0 Å². The van der Waals surface area contributed by atoms with Crippen molar-refractivity contribution in [2.24, 2.45) is 0 Å². The fourth-order valence-electron chi connectivity index (χ4n) is 1.23. The lowest BCUT2D eigenvalue weighted by Gasteiger charge is -2.28. The van der Waals surface area contributed by atoms with Crippen LogP contribution < -0.4 is 0 Å². The lowest BCUT2D eigenvalue weighted by atomic mass is 10.9. The predicted octanol–water partition coefficient (Wildman–Crippen LogP) is 1.46. The van der Waals surface area contributed by atoms with E-state index in [2.05, 4.69) is 0 Å². The van der Waals surface area contributed by atoms with Crippen molar-refractivity contribution in [3.63, 3.8) is 0 Å². The summed E-state index contributed by atoms with van der Waals surface area (Å²) in [6, 6.07) is 0.857. The standard InChI is InChI=1S/C8H22O4Si2/c1-6-10-13(4,8-3)12-14(5,9)11-7-2/h9H,6-8H2,1-5H3/p+1. The van der Waals surface area contributed by atoms with Gasteiger partial charge < -0.3 is 17.8 Å². The van der Waals surface area contributed by atoms with Crippen LogP contribution in [0.1, 0.15) is 20.8 Å². The molecule has 14 heavy (non-hydrogen) atoms. The molecule has 86 valence electrons. The molecule has 0 spiro atoms. The van der Waals surface area contributed by atoms with E-state index in [0.29, 0.717) is 13.2 Å². The van der Waals surface area contributed by atoms with Gasteiger partial charge >= 0.3 is 17.4 Å². The Bertz CT molecular complexity index is 165. The summed E-state index contributed by atoms with van der Waals surface area (Å²) in [6.45, 7) is 10.8. The Morgan fingerprint density at radius 1 is 1.00 bits per heavy atom. The molecule has 0 aliphatic heterocycles. The third-order valence-corrected chi connectivity index (χ3v) is 8.23. The second-order valence-electron chi connectivity index (χ2n) is 3.40. The average molecular weight is 239 g/mol. The van der Waals surface area contributed by atoms with Gasteiger partial charge in [0.05, 0.1) is 6.55 Å². The summed E-state index contributed by atoms with van der Waals surface area (Å²) in [4.78, 5) is 7.91. The topological polar surface area (TPSA) is 50.6 Å². The van der Waals surface area contributed by atoms with Gasteiger partial charge in [0, 0.05) is 13.2 Å². The van der Waals surface area contributed by atoms with Crippen molar-refractivity contribution in [1.29, 1.82) is 0 Å². The summed E-state index contributed by atoms with van der Waals surface area (Å²) in [5, 5.41) is 0. The Kier molecular flexibility index (Phi) is 6.11. The second-order valence-corrected chi connectivity index (χ2v) is 9.66. The highest BCUT2D eigenvalue weighted by atomic mass is 28.5.